The zero-order chi connectivity index (χ0) is 13.5. The summed E-state index contributed by atoms with van der Waals surface area (Å²) in [6.45, 7) is 1.39. The molecule has 0 spiro atoms. The van der Waals surface area contributed by atoms with Crippen LogP contribution in [0, 0.1) is 0 Å². The quantitative estimate of drug-likeness (QED) is 0.431. The van der Waals surface area contributed by atoms with E-state index in [1.54, 1.807) is 23.9 Å². The van der Waals surface area contributed by atoms with Crippen molar-refractivity contribution in [1.29, 1.82) is 0 Å². The maximum absolute atomic E-state index is 9.64. The minimum atomic E-state index is -0.0713. The smallest absolute Gasteiger partial charge is 0.161 e. The van der Waals surface area contributed by atoms with Gasteiger partial charge in [0, 0.05) is 29.3 Å². The molecule has 4 heteroatoms. The molecule has 3 N–H and O–H groups in total. The number of para-hydroxylation sites is 1. The highest BCUT2D eigenvalue weighted by atomic mass is 32.2. The zero-order valence-corrected chi connectivity index (χ0v) is 11.4. The van der Waals surface area contributed by atoms with Crippen LogP contribution < -0.4 is 5.32 Å². The third-order valence-electron chi connectivity index (χ3n) is 2.70. The van der Waals surface area contributed by atoms with Gasteiger partial charge in [-0.15, -0.1) is 11.8 Å². The number of phenols is 2. The first-order valence-electron chi connectivity index (χ1n) is 6.16. The van der Waals surface area contributed by atoms with E-state index < -0.39 is 0 Å². The Hall–Kier alpha value is -1.65. The van der Waals surface area contributed by atoms with Gasteiger partial charge in [0.2, 0.25) is 0 Å². The van der Waals surface area contributed by atoms with Gasteiger partial charge in [0.25, 0.3) is 0 Å². The van der Waals surface area contributed by atoms with Crippen LogP contribution in [0.1, 0.15) is 5.56 Å². The third-order valence-corrected chi connectivity index (χ3v) is 3.72. The van der Waals surface area contributed by atoms with Gasteiger partial charge in [0.1, 0.15) is 0 Å². The molecule has 0 unspecified atom stereocenters. The largest absolute Gasteiger partial charge is 0.504 e. The summed E-state index contributed by atoms with van der Waals surface area (Å²) in [6, 6.07) is 15.2. The summed E-state index contributed by atoms with van der Waals surface area (Å²) in [6.07, 6.45) is 0. The molecule has 0 amide bonds. The Labute approximate surface area is 117 Å². The summed E-state index contributed by atoms with van der Waals surface area (Å²) in [5.74, 6) is 0.854. The van der Waals surface area contributed by atoms with Crippen LogP contribution >= 0.6 is 11.8 Å². The Morgan fingerprint density at radius 2 is 1.74 bits per heavy atom. The van der Waals surface area contributed by atoms with Gasteiger partial charge in [-0.05, 0) is 18.2 Å². The first-order chi connectivity index (χ1) is 9.27. The van der Waals surface area contributed by atoms with Gasteiger partial charge in [-0.25, -0.2) is 0 Å². The highest BCUT2D eigenvalue weighted by Gasteiger charge is 2.04. The van der Waals surface area contributed by atoms with Crippen LogP contribution in [0.3, 0.4) is 0 Å². The molecule has 2 aromatic carbocycles. The second-order valence-electron chi connectivity index (χ2n) is 4.12. The minimum Gasteiger partial charge on any atom is -0.504 e. The number of phenolic OH excluding ortho intramolecular Hbond substituents is 2. The van der Waals surface area contributed by atoms with E-state index in [1.165, 1.54) is 11.0 Å². The Morgan fingerprint density at radius 1 is 0.947 bits per heavy atom. The number of benzene rings is 2. The molecule has 0 aliphatic heterocycles. The highest BCUT2D eigenvalue weighted by Crippen LogP contribution is 2.27. The van der Waals surface area contributed by atoms with Crippen molar-refractivity contribution < 1.29 is 10.2 Å². The zero-order valence-electron chi connectivity index (χ0n) is 10.5. The van der Waals surface area contributed by atoms with Crippen LogP contribution in [-0.4, -0.2) is 22.5 Å². The van der Waals surface area contributed by atoms with Crippen molar-refractivity contribution in [2.45, 2.75) is 11.4 Å². The van der Waals surface area contributed by atoms with E-state index in [0.717, 1.165) is 12.3 Å². The highest BCUT2D eigenvalue weighted by molar-refractivity contribution is 7.99. The monoisotopic (exact) mass is 275 g/mol. The lowest BCUT2D eigenvalue weighted by Crippen LogP contribution is -2.16. The number of thioether (sulfide) groups is 1. The summed E-state index contributed by atoms with van der Waals surface area (Å²) in [5.41, 5.74) is 0.713. The number of aromatic hydroxyl groups is 2. The molecule has 19 heavy (non-hydrogen) atoms. The summed E-state index contributed by atoms with van der Waals surface area (Å²) >= 11 is 1.79. The minimum absolute atomic E-state index is 0.0364. The van der Waals surface area contributed by atoms with Crippen molar-refractivity contribution in [3.63, 3.8) is 0 Å². The fourth-order valence-electron chi connectivity index (χ4n) is 1.70. The summed E-state index contributed by atoms with van der Waals surface area (Å²) in [7, 11) is 0. The number of hydrogen-bond acceptors (Lipinski definition) is 4. The second-order valence-corrected chi connectivity index (χ2v) is 5.29. The second kappa shape index (κ2) is 7.07. The Bertz CT molecular complexity index is 517. The lowest BCUT2D eigenvalue weighted by Gasteiger charge is -2.07. The maximum Gasteiger partial charge on any atom is 0.161 e. The van der Waals surface area contributed by atoms with Gasteiger partial charge in [-0.1, -0.05) is 30.3 Å². The van der Waals surface area contributed by atoms with E-state index in [4.69, 9.17) is 0 Å². The Balaban J connectivity index is 1.71. The maximum atomic E-state index is 9.64. The van der Waals surface area contributed by atoms with Crippen LogP contribution in [0.2, 0.25) is 0 Å². The number of rotatable bonds is 6. The van der Waals surface area contributed by atoms with Gasteiger partial charge >= 0.3 is 0 Å². The number of nitrogens with one attached hydrogen (secondary N) is 1. The van der Waals surface area contributed by atoms with E-state index in [0.29, 0.717) is 12.1 Å². The molecular formula is C15H17NO2S. The average Bonchev–Trinajstić information content (AvgIpc) is 2.44. The molecular weight excluding hydrogens is 258 g/mol. The average molecular weight is 275 g/mol. The molecule has 0 aliphatic carbocycles. The third kappa shape index (κ3) is 4.19. The predicted molar refractivity (Wildman–Crippen MR) is 78.6 cm³/mol. The van der Waals surface area contributed by atoms with Gasteiger partial charge < -0.3 is 15.5 Å². The van der Waals surface area contributed by atoms with Crippen molar-refractivity contribution in [2.75, 3.05) is 12.3 Å². The fraction of sp³-hybridized carbons (Fsp3) is 0.200. The van der Waals surface area contributed by atoms with E-state index in [2.05, 4.69) is 17.4 Å². The molecule has 0 saturated carbocycles. The normalized spacial score (nSPS) is 10.5. The molecule has 0 bridgehead atoms. The van der Waals surface area contributed by atoms with Gasteiger partial charge in [-0.2, -0.15) is 0 Å². The lowest BCUT2D eigenvalue weighted by atomic mass is 10.2. The first kappa shape index (κ1) is 13.8. The Kier molecular flexibility index (Phi) is 5.12. The van der Waals surface area contributed by atoms with Crippen LogP contribution in [0.5, 0.6) is 11.5 Å². The Morgan fingerprint density at radius 3 is 2.53 bits per heavy atom. The molecule has 0 heterocycles. The van der Waals surface area contributed by atoms with Gasteiger partial charge in [0.15, 0.2) is 11.5 Å². The topological polar surface area (TPSA) is 52.5 Å². The van der Waals surface area contributed by atoms with Crippen molar-refractivity contribution in [2.24, 2.45) is 0 Å². The van der Waals surface area contributed by atoms with Crippen LogP contribution in [0.4, 0.5) is 0 Å². The van der Waals surface area contributed by atoms with Gasteiger partial charge in [-0.3, -0.25) is 0 Å². The van der Waals surface area contributed by atoms with Gasteiger partial charge in [0.05, 0.1) is 0 Å². The van der Waals surface area contributed by atoms with E-state index >= 15 is 0 Å². The molecule has 0 aliphatic rings. The molecule has 0 fully saturated rings. The van der Waals surface area contributed by atoms with Crippen molar-refractivity contribution in [3.05, 3.63) is 54.1 Å². The molecule has 0 saturated heterocycles. The molecule has 0 radical (unpaired) electrons. The van der Waals surface area contributed by atoms with Crippen LogP contribution in [-0.2, 0) is 6.54 Å². The fourth-order valence-corrected chi connectivity index (χ4v) is 2.53. The van der Waals surface area contributed by atoms with Crippen LogP contribution in [0.25, 0.3) is 0 Å². The number of hydrogen-bond donors (Lipinski definition) is 3. The summed E-state index contributed by atoms with van der Waals surface area (Å²) in [4.78, 5) is 1.25. The molecule has 100 valence electrons. The van der Waals surface area contributed by atoms with E-state index in [9.17, 15) is 10.2 Å². The SMILES string of the molecule is Oc1cccc(CNCCSc2ccccc2)c1O. The first-order valence-corrected chi connectivity index (χ1v) is 7.14. The summed E-state index contributed by atoms with van der Waals surface area (Å²) in [5, 5.41) is 22.3. The molecule has 3 nitrogen and oxygen atoms in total. The molecule has 0 aromatic heterocycles. The molecule has 2 aromatic rings. The molecule has 2 rings (SSSR count). The van der Waals surface area contributed by atoms with E-state index in [-0.39, 0.29) is 11.5 Å². The lowest BCUT2D eigenvalue weighted by molar-refractivity contribution is 0.398. The van der Waals surface area contributed by atoms with Crippen molar-refractivity contribution in [3.8, 4) is 11.5 Å². The summed E-state index contributed by atoms with van der Waals surface area (Å²) < 4.78 is 0. The van der Waals surface area contributed by atoms with Crippen molar-refractivity contribution >= 4 is 11.8 Å². The van der Waals surface area contributed by atoms with Crippen molar-refractivity contribution in [1.82, 2.24) is 5.32 Å². The predicted octanol–water partition coefficient (Wildman–Crippen LogP) is 2.98. The standard InChI is InChI=1S/C15H17NO2S/c17-14-8-4-5-12(15(14)18)11-16-9-10-19-13-6-2-1-3-7-13/h1-8,16-18H,9-11H2. The van der Waals surface area contributed by atoms with Crippen LogP contribution in [0.15, 0.2) is 53.4 Å². The van der Waals surface area contributed by atoms with E-state index in [1.807, 2.05) is 18.2 Å². The molecule has 0 atom stereocenters.